The molecule has 0 amide bonds. The highest BCUT2D eigenvalue weighted by Gasteiger charge is 2.37. The van der Waals surface area contributed by atoms with Gasteiger partial charge in [0.15, 0.2) is 19.4 Å². The molecule has 178 valence electrons. The second-order valence-corrected chi connectivity index (χ2v) is 14.3. The van der Waals surface area contributed by atoms with Crippen LogP contribution in [0.15, 0.2) is 133 Å². The number of hydrogen-bond donors (Lipinski definition) is 0. The first-order chi connectivity index (χ1) is 17.6. The molecule has 0 aliphatic heterocycles. The molecule has 0 atom stereocenters. The van der Waals surface area contributed by atoms with Gasteiger partial charge in [0.2, 0.25) is 0 Å². The predicted octanol–water partition coefficient (Wildman–Crippen LogP) is 4.48. The molecule has 0 saturated heterocycles. The number of benzene rings is 4. The summed E-state index contributed by atoms with van der Waals surface area (Å²) in [5, 5.41) is 3.11. The molecule has 0 spiro atoms. The predicted molar refractivity (Wildman–Crippen MR) is 153 cm³/mol. The van der Waals surface area contributed by atoms with Gasteiger partial charge < -0.3 is 9.13 Å². The summed E-state index contributed by atoms with van der Waals surface area (Å²) >= 11 is 1.35. The van der Waals surface area contributed by atoms with E-state index in [0.29, 0.717) is 37.2 Å². The molecule has 36 heavy (non-hydrogen) atoms. The second-order valence-electron chi connectivity index (χ2n) is 8.13. The average Bonchev–Trinajstić information content (AvgIpc) is 2.97. The van der Waals surface area contributed by atoms with E-state index in [4.69, 9.17) is 9.97 Å². The average molecular weight is 527 g/mol. The Bertz CT molecular complexity index is 1360. The molecule has 0 bridgehead atoms. The fraction of sp³-hybridized carbons (Fsp3) is 0.0345. The van der Waals surface area contributed by atoms with Gasteiger partial charge in [0.25, 0.3) is 0 Å². The maximum atomic E-state index is 15.0. The van der Waals surface area contributed by atoms with Gasteiger partial charge in [-0.15, -0.1) is 0 Å². The molecule has 5 rings (SSSR count). The van der Waals surface area contributed by atoms with Crippen LogP contribution < -0.4 is 32.1 Å². The number of rotatable bonds is 7. The van der Waals surface area contributed by atoms with E-state index in [1.807, 2.05) is 128 Å². The zero-order chi connectivity index (χ0) is 25.0. The topological polar surface area (TPSA) is 59.9 Å². The zero-order valence-corrected chi connectivity index (χ0v) is 22.2. The van der Waals surface area contributed by atoms with Gasteiger partial charge in [-0.2, -0.15) is 0 Å². The van der Waals surface area contributed by atoms with E-state index in [2.05, 4.69) is 0 Å². The molecule has 7 heteroatoms. The lowest BCUT2D eigenvalue weighted by atomic mass is 10.4. The highest BCUT2D eigenvalue weighted by atomic mass is 32.2. The first kappa shape index (κ1) is 24.5. The molecule has 0 aliphatic carbocycles. The Kier molecular flexibility index (Phi) is 7.07. The monoisotopic (exact) mass is 526 g/mol. The van der Waals surface area contributed by atoms with Gasteiger partial charge in [-0.1, -0.05) is 133 Å². The maximum absolute atomic E-state index is 15.0. The number of hydrogen-bond acceptors (Lipinski definition) is 5. The van der Waals surface area contributed by atoms with Crippen LogP contribution in [0, 0.1) is 0 Å². The van der Waals surface area contributed by atoms with Crippen molar-refractivity contribution in [2.75, 3.05) is 6.26 Å². The Morgan fingerprint density at radius 3 is 1.03 bits per heavy atom. The molecule has 1 aromatic heterocycles. The smallest absolute Gasteiger partial charge is 0.188 e. The van der Waals surface area contributed by atoms with Crippen molar-refractivity contribution < 1.29 is 9.13 Å². The first-order valence-corrected chi connectivity index (χ1v) is 16.1. The van der Waals surface area contributed by atoms with Gasteiger partial charge in [0.05, 0.1) is 0 Å². The summed E-state index contributed by atoms with van der Waals surface area (Å²) in [6, 6.07) is 39.2. The third-order valence-electron chi connectivity index (χ3n) is 5.99. The van der Waals surface area contributed by atoms with E-state index in [-0.39, 0.29) is 0 Å². The van der Waals surface area contributed by atoms with Crippen LogP contribution in [-0.4, -0.2) is 16.2 Å². The molecule has 4 aromatic carbocycles. The molecule has 5 aromatic rings. The maximum Gasteiger partial charge on any atom is 0.188 e. The Morgan fingerprint density at radius 1 is 0.500 bits per heavy atom. The summed E-state index contributed by atoms with van der Waals surface area (Å²) in [7, 11) is -6.76. The summed E-state index contributed by atoms with van der Waals surface area (Å²) < 4.78 is 30.1. The number of thioether (sulfide) groups is 1. The Hall–Kier alpha value is -3.23. The van der Waals surface area contributed by atoms with Gasteiger partial charge in [0, 0.05) is 21.2 Å². The Morgan fingerprint density at radius 2 is 0.778 bits per heavy atom. The summed E-state index contributed by atoms with van der Waals surface area (Å²) in [4.78, 5) is 9.49. The standard InChI is InChI=1S/C29H24N2O2P2S/c1-36-29-30-27(34(32,23-14-6-2-7-15-23)24-16-8-3-9-17-24)22-28(31-29)35(33,25-18-10-4-11-19-25)26-20-12-5-13-21-26/h2-22H,1H3. The Labute approximate surface area is 215 Å². The third kappa shape index (κ3) is 4.40. The highest BCUT2D eigenvalue weighted by molar-refractivity contribution is 7.98. The lowest BCUT2D eigenvalue weighted by Crippen LogP contribution is -2.34. The molecule has 0 saturated carbocycles. The third-order valence-corrected chi connectivity index (χ3v) is 12.4. The van der Waals surface area contributed by atoms with Crippen molar-refractivity contribution in [3.05, 3.63) is 127 Å². The lowest BCUT2D eigenvalue weighted by molar-refractivity contribution is 0.591. The molecule has 0 N–H and O–H groups in total. The van der Waals surface area contributed by atoms with Gasteiger partial charge in [0.1, 0.15) is 10.9 Å². The minimum Gasteiger partial charge on any atom is -0.307 e. The molecule has 0 unspecified atom stereocenters. The molecule has 0 fully saturated rings. The fourth-order valence-corrected chi connectivity index (χ4v) is 9.91. The number of aromatic nitrogens is 2. The molecule has 4 nitrogen and oxygen atoms in total. The second kappa shape index (κ2) is 10.4. The van der Waals surface area contributed by atoms with Crippen molar-refractivity contribution in [3.8, 4) is 0 Å². The Balaban J connectivity index is 1.83. The summed E-state index contributed by atoms with van der Waals surface area (Å²) in [6.45, 7) is 0. The summed E-state index contributed by atoms with van der Waals surface area (Å²) in [5.41, 5.74) is 0.752. The molecule has 0 radical (unpaired) electrons. The van der Waals surface area contributed by atoms with Gasteiger partial charge >= 0.3 is 0 Å². The van der Waals surface area contributed by atoms with Gasteiger partial charge in [-0.05, 0) is 12.3 Å². The molecular weight excluding hydrogens is 502 g/mol. The van der Waals surface area contributed by atoms with Crippen LogP contribution in [0.25, 0.3) is 0 Å². The van der Waals surface area contributed by atoms with Crippen LogP contribution >= 0.6 is 26.0 Å². The van der Waals surface area contributed by atoms with E-state index in [1.165, 1.54) is 11.8 Å². The van der Waals surface area contributed by atoms with Gasteiger partial charge in [-0.25, -0.2) is 9.97 Å². The van der Waals surface area contributed by atoms with Crippen LogP contribution in [0.2, 0.25) is 0 Å². The number of nitrogens with zero attached hydrogens (tertiary/aromatic N) is 2. The summed E-state index contributed by atoms with van der Waals surface area (Å²) in [5.74, 6) is 0. The molecule has 1 heterocycles. The quantitative estimate of drug-likeness (QED) is 0.178. The largest absolute Gasteiger partial charge is 0.307 e. The van der Waals surface area contributed by atoms with Crippen molar-refractivity contribution in [2.45, 2.75) is 5.16 Å². The van der Waals surface area contributed by atoms with E-state index in [9.17, 15) is 0 Å². The molecule has 0 aliphatic rings. The fourth-order valence-electron chi connectivity index (χ4n) is 4.19. The van der Waals surface area contributed by atoms with Crippen molar-refractivity contribution >= 4 is 58.1 Å². The minimum absolute atomic E-state index is 0.376. The SMILES string of the molecule is CSc1nc(P(=O)(c2ccccc2)c2ccccc2)cc(P(=O)(c2ccccc2)c2ccccc2)n1. The highest BCUT2D eigenvalue weighted by Crippen LogP contribution is 2.45. The van der Waals surface area contributed by atoms with E-state index in [1.54, 1.807) is 6.07 Å². The van der Waals surface area contributed by atoms with Crippen molar-refractivity contribution in [3.63, 3.8) is 0 Å². The van der Waals surface area contributed by atoms with Crippen LogP contribution in [0.3, 0.4) is 0 Å². The lowest BCUT2D eigenvalue weighted by Gasteiger charge is -2.23. The summed E-state index contributed by atoms with van der Waals surface area (Å²) in [6.07, 6.45) is 1.87. The van der Waals surface area contributed by atoms with Crippen LogP contribution in [0.5, 0.6) is 0 Å². The van der Waals surface area contributed by atoms with Crippen LogP contribution in [0.4, 0.5) is 0 Å². The van der Waals surface area contributed by atoms with Crippen LogP contribution in [0.1, 0.15) is 0 Å². The van der Waals surface area contributed by atoms with Crippen molar-refractivity contribution in [2.24, 2.45) is 0 Å². The van der Waals surface area contributed by atoms with Gasteiger partial charge in [-0.3, -0.25) is 0 Å². The normalized spacial score (nSPS) is 11.8. The van der Waals surface area contributed by atoms with E-state index >= 15 is 9.13 Å². The van der Waals surface area contributed by atoms with Crippen LogP contribution in [-0.2, 0) is 9.13 Å². The minimum atomic E-state index is -3.38. The van der Waals surface area contributed by atoms with E-state index in [0.717, 1.165) is 0 Å². The van der Waals surface area contributed by atoms with Crippen molar-refractivity contribution in [1.82, 2.24) is 9.97 Å². The van der Waals surface area contributed by atoms with E-state index < -0.39 is 14.3 Å². The zero-order valence-electron chi connectivity index (χ0n) is 19.6. The van der Waals surface area contributed by atoms with Crippen molar-refractivity contribution in [1.29, 1.82) is 0 Å². The molecular formula is C29H24N2O2P2S. The first-order valence-electron chi connectivity index (χ1n) is 11.4.